The average molecular weight is 205 g/mol. The highest BCUT2D eigenvalue weighted by atomic mass is 16.7. The van der Waals surface area contributed by atoms with Gasteiger partial charge in [-0.3, -0.25) is 4.79 Å². The fourth-order valence-corrected chi connectivity index (χ4v) is 1.76. The van der Waals surface area contributed by atoms with E-state index in [1.165, 1.54) is 12.2 Å². The number of ketones is 1. The van der Waals surface area contributed by atoms with E-state index >= 15 is 0 Å². The molecule has 0 radical (unpaired) electrons. The van der Waals surface area contributed by atoms with E-state index in [-0.39, 0.29) is 11.7 Å². The van der Waals surface area contributed by atoms with Gasteiger partial charge in [0, 0.05) is 6.61 Å². The summed E-state index contributed by atoms with van der Waals surface area (Å²) >= 11 is 0. The summed E-state index contributed by atoms with van der Waals surface area (Å²) < 4.78 is 10.7. The topological polar surface area (TPSA) is 59.3 Å². The molecular weight excluding hydrogens is 194 g/mol. The maximum absolute atomic E-state index is 10.9. The van der Waals surface area contributed by atoms with Gasteiger partial charge < -0.3 is 9.47 Å². The summed E-state index contributed by atoms with van der Waals surface area (Å²) in [6, 6.07) is 2.15. The van der Waals surface area contributed by atoms with E-state index in [4.69, 9.17) is 14.7 Å². The zero-order valence-electron chi connectivity index (χ0n) is 8.34. The second-order valence-corrected chi connectivity index (χ2v) is 3.47. The van der Waals surface area contributed by atoms with Gasteiger partial charge in [-0.2, -0.15) is 5.26 Å². The van der Waals surface area contributed by atoms with Crippen LogP contribution in [0.3, 0.4) is 0 Å². The molecule has 0 amide bonds. The van der Waals surface area contributed by atoms with Gasteiger partial charge in [0.1, 0.15) is 11.5 Å². The van der Waals surface area contributed by atoms with Crippen LogP contribution < -0.4 is 0 Å². The molecule has 1 spiro atoms. The van der Waals surface area contributed by atoms with Crippen molar-refractivity contribution in [2.75, 3.05) is 6.61 Å². The normalized spacial score (nSPS) is 31.3. The Morgan fingerprint density at radius 3 is 2.80 bits per heavy atom. The van der Waals surface area contributed by atoms with Crippen LogP contribution in [0.1, 0.15) is 6.92 Å². The molecule has 2 aliphatic rings. The van der Waals surface area contributed by atoms with Crippen LogP contribution in [-0.4, -0.2) is 24.3 Å². The van der Waals surface area contributed by atoms with Gasteiger partial charge in [-0.15, -0.1) is 0 Å². The first-order valence-electron chi connectivity index (χ1n) is 4.83. The molecule has 1 saturated heterocycles. The zero-order chi connectivity index (χ0) is 10.9. The third kappa shape index (κ3) is 1.50. The summed E-state index contributed by atoms with van der Waals surface area (Å²) in [5.41, 5.74) is -0.748. The van der Waals surface area contributed by atoms with Crippen LogP contribution in [0.5, 0.6) is 0 Å². The van der Waals surface area contributed by atoms with Crippen molar-refractivity contribution in [3.05, 3.63) is 24.3 Å². The molecule has 0 bridgehead atoms. The molecule has 2 atom stereocenters. The highest BCUT2D eigenvalue weighted by Gasteiger charge is 2.54. The minimum Gasteiger partial charge on any atom is -0.351 e. The van der Waals surface area contributed by atoms with Crippen LogP contribution >= 0.6 is 0 Å². The molecule has 15 heavy (non-hydrogen) atoms. The van der Waals surface area contributed by atoms with E-state index in [0.717, 1.165) is 0 Å². The number of ether oxygens (including phenoxy) is 2. The van der Waals surface area contributed by atoms with Crippen LogP contribution in [0.2, 0.25) is 0 Å². The molecule has 1 heterocycles. The molecule has 4 heteroatoms. The number of allylic oxidation sites excluding steroid dienone is 2. The Morgan fingerprint density at radius 1 is 1.60 bits per heavy atom. The Kier molecular flexibility index (Phi) is 2.43. The lowest BCUT2D eigenvalue weighted by Crippen LogP contribution is -2.58. The minimum absolute atomic E-state index is 0.0826. The quantitative estimate of drug-likeness (QED) is 0.673. The number of carbonyl (C=O) groups excluding carboxylic acids is 1. The van der Waals surface area contributed by atoms with Gasteiger partial charge in [0.15, 0.2) is 12.1 Å². The second kappa shape index (κ2) is 3.61. The number of hydrogen-bond donors (Lipinski definition) is 0. The van der Waals surface area contributed by atoms with Gasteiger partial charge in [0.05, 0.1) is 6.07 Å². The van der Waals surface area contributed by atoms with Crippen LogP contribution in [0.15, 0.2) is 24.3 Å². The Balaban J connectivity index is 2.14. The van der Waals surface area contributed by atoms with Crippen LogP contribution in [0, 0.1) is 17.2 Å². The van der Waals surface area contributed by atoms with E-state index in [1.54, 1.807) is 12.2 Å². The van der Waals surface area contributed by atoms with Crippen molar-refractivity contribution in [2.24, 2.45) is 5.92 Å². The summed E-state index contributed by atoms with van der Waals surface area (Å²) in [5, 5.41) is 9.00. The number of carbonyl (C=O) groups is 1. The van der Waals surface area contributed by atoms with Crippen molar-refractivity contribution in [3.8, 4) is 6.07 Å². The molecule has 0 aromatic rings. The van der Waals surface area contributed by atoms with Crippen molar-refractivity contribution in [3.63, 3.8) is 0 Å². The summed E-state index contributed by atoms with van der Waals surface area (Å²) in [6.45, 7) is 2.35. The standard InChI is InChI=1S/C11H11NO3/c1-2-14-10-9(7-12)11(15-10)5-3-8(13)4-6-11/h3-6,9-10H,2H2,1H3/t9-,10+/m1/s1. The van der Waals surface area contributed by atoms with Gasteiger partial charge in [-0.05, 0) is 31.2 Å². The van der Waals surface area contributed by atoms with Crippen molar-refractivity contribution >= 4 is 5.78 Å². The van der Waals surface area contributed by atoms with Gasteiger partial charge in [0.2, 0.25) is 0 Å². The van der Waals surface area contributed by atoms with Gasteiger partial charge >= 0.3 is 0 Å². The Labute approximate surface area is 87.8 Å². The molecule has 0 unspecified atom stereocenters. The Bertz CT molecular complexity index is 362. The van der Waals surface area contributed by atoms with Crippen LogP contribution in [0.25, 0.3) is 0 Å². The highest BCUT2D eigenvalue weighted by molar-refractivity contribution is 6.00. The van der Waals surface area contributed by atoms with Crippen LogP contribution in [0.4, 0.5) is 0 Å². The first-order chi connectivity index (χ1) is 7.22. The van der Waals surface area contributed by atoms with E-state index < -0.39 is 11.9 Å². The molecule has 0 aromatic carbocycles. The third-order valence-electron chi connectivity index (χ3n) is 2.56. The molecule has 1 fully saturated rings. The van der Waals surface area contributed by atoms with E-state index in [2.05, 4.69) is 6.07 Å². The first kappa shape index (κ1) is 10.1. The fourth-order valence-electron chi connectivity index (χ4n) is 1.76. The molecule has 4 nitrogen and oxygen atoms in total. The second-order valence-electron chi connectivity index (χ2n) is 3.47. The maximum Gasteiger partial charge on any atom is 0.178 e. The Morgan fingerprint density at radius 2 is 2.27 bits per heavy atom. The number of nitriles is 1. The SMILES string of the molecule is CCO[C@H]1OC2(C=CC(=O)C=C2)[C@@H]1C#N. The lowest BCUT2D eigenvalue weighted by molar-refractivity contribution is -0.300. The molecule has 78 valence electrons. The van der Waals surface area contributed by atoms with E-state index in [1.807, 2.05) is 6.92 Å². The van der Waals surface area contributed by atoms with Crippen molar-refractivity contribution in [1.82, 2.24) is 0 Å². The molecule has 2 rings (SSSR count). The number of hydrogen-bond acceptors (Lipinski definition) is 4. The highest BCUT2D eigenvalue weighted by Crippen LogP contribution is 2.42. The van der Waals surface area contributed by atoms with Crippen molar-refractivity contribution in [1.29, 1.82) is 5.26 Å². The Hall–Kier alpha value is -1.44. The lowest BCUT2D eigenvalue weighted by Gasteiger charge is -2.48. The third-order valence-corrected chi connectivity index (χ3v) is 2.56. The summed E-state index contributed by atoms with van der Waals surface area (Å²) in [4.78, 5) is 10.9. The smallest absolute Gasteiger partial charge is 0.178 e. The van der Waals surface area contributed by atoms with Gasteiger partial charge in [-0.1, -0.05) is 0 Å². The summed E-state index contributed by atoms with van der Waals surface area (Å²) in [7, 11) is 0. The molecule has 1 aliphatic carbocycles. The van der Waals surface area contributed by atoms with Crippen molar-refractivity contribution < 1.29 is 14.3 Å². The molecule has 0 saturated carbocycles. The molecule has 0 N–H and O–H groups in total. The predicted molar refractivity (Wildman–Crippen MR) is 51.6 cm³/mol. The average Bonchev–Trinajstić information content (AvgIpc) is 2.21. The monoisotopic (exact) mass is 205 g/mol. The fraction of sp³-hybridized carbons (Fsp3) is 0.455. The number of nitrogens with zero attached hydrogens (tertiary/aromatic N) is 1. The van der Waals surface area contributed by atoms with Crippen molar-refractivity contribution in [2.45, 2.75) is 18.8 Å². The number of rotatable bonds is 2. The molecule has 1 aliphatic heterocycles. The van der Waals surface area contributed by atoms with E-state index in [9.17, 15) is 4.79 Å². The minimum atomic E-state index is -0.748. The van der Waals surface area contributed by atoms with Gasteiger partial charge in [0.25, 0.3) is 0 Å². The lowest BCUT2D eigenvalue weighted by atomic mass is 9.79. The first-order valence-corrected chi connectivity index (χ1v) is 4.83. The van der Waals surface area contributed by atoms with Crippen LogP contribution in [-0.2, 0) is 14.3 Å². The molecular formula is C11H11NO3. The summed E-state index contributed by atoms with van der Waals surface area (Å²) in [6.07, 6.45) is 5.61. The maximum atomic E-state index is 10.9. The predicted octanol–water partition coefficient (Wildman–Crippen LogP) is 0.953. The molecule has 0 aromatic heterocycles. The largest absolute Gasteiger partial charge is 0.351 e. The van der Waals surface area contributed by atoms with E-state index in [0.29, 0.717) is 6.61 Å². The van der Waals surface area contributed by atoms with Gasteiger partial charge in [-0.25, -0.2) is 0 Å². The summed E-state index contributed by atoms with van der Waals surface area (Å²) in [5.74, 6) is -0.459. The zero-order valence-corrected chi connectivity index (χ0v) is 8.34.